The molecule has 0 aliphatic carbocycles. The van der Waals surface area contributed by atoms with E-state index in [0.717, 1.165) is 5.56 Å². The number of amides is 2. The van der Waals surface area contributed by atoms with E-state index in [9.17, 15) is 9.59 Å². The Hall–Kier alpha value is -2.24. The summed E-state index contributed by atoms with van der Waals surface area (Å²) in [5.74, 6) is 0. The zero-order valence-corrected chi connectivity index (χ0v) is 11.0. The van der Waals surface area contributed by atoms with Crippen molar-refractivity contribution in [3.8, 4) is 0 Å². The van der Waals surface area contributed by atoms with Crippen LogP contribution in [0.4, 0.5) is 9.59 Å². The molecular weight excluding hydrogens is 248 g/mol. The maximum Gasteiger partial charge on any atom is 0.409 e. The summed E-state index contributed by atoms with van der Waals surface area (Å²) in [7, 11) is 0. The van der Waals surface area contributed by atoms with Crippen LogP contribution in [0.15, 0.2) is 30.3 Å². The van der Waals surface area contributed by atoms with Crippen LogP contribution in [0.3, 0.4) is 0 Å². The van der Waals surface area contributed by atoms with Crippen molar-refractivity contribution in [2.24, 2.45) is 0 Å². The van der Waals surface area contributed by atoms with Crippen molar-refractivity contribution < 1.29 is 19.1 Å². The molecule has 2 N–H and O–H groups in total. The lowest BCUT2D eigenvalue weighted by Gasteiger charge is -2.19. The van der Waals surface area contributed by atoms with Gasteiger partial charge in [-0.15, -0.1) is 0 Å². The zero-order valence-electron chi connectivity index (χ0n) is 11.0. The first-order valence-electron chi connectivity index (χ1n) is 6.08. The summed E-state index contributed by atoms with van der Waals surface area (Å²) in [5, 5.41) is 5.10. The first-order valence-corrected chi connectivity index (χ1v) is 6.08. The normalized spacial score (nSPS) is 9.84. The van der Waals surface area contributed by atoms with Crippen molar-refractivity contribution in [1.29, 1.82) is 0 Å². The van der Waals surface area contributed by atoms with Crippen molar-refractivity contribution in [2.45, 2.75) is 20.0 Å². The van der Waals surface area contributed by atoms with Crippen LogP contribution in [0.2, 0.25) is 0 Å². The molecule has 0 saturated heterocycles. The molecule has 2 amide bonds. The van der Waals surface area contributed by atoms with Crippen molar-refractivity contribution in [3.63, 3.8) is 0 Å². The molecule has 6 heteroatoms. The average molecular weight is 266 g/mol. The number of carbonyl (C=O) groups is 2. The topological polar surface area (TPSA) is 76.7 Å². The Bertz CT molecular complexity index is 388. The lowest BCUT2D eigenvalue weighted by molar-refractivity contribution is 0.135. The molecule has 1 rings (SSSR count). The highest BCUT2D eigenvalue weighted by molar-refractivity contribution is 5.71. The van der Waals surface area contributed by atoms with Gasteiger partial charge in [0.15, 0.2) is 0 Å². The van der Waals surface area contributed by atoms with Crippen LogP contribution in [0.5, 0.6) is 0 Å². The molecule has 19 heavy (non-hydrogen) atoms. The van der Waals surface area contributed by atoms with E-state index in [2.05, 4.69) is 10.6 Å². The Balaban J connectivity index is 2.73. The molecule has 0 atom stereocenters. The monoisotopic (exact) mass is 266 g/mol. The van der Waals surface area contributed by atoms with E-state index in [4.69, 9.17) is 9.47 Å². The summed E-state index contributed by atoms with van der Waals surface area (Å²) in [6.07, 6.45) is -1.90. The van der Waals surface area contributed by atoms with Crippen LogP contribution in [0, 0.1) is 0 Å². The lowest BCUT2D eigenvalue weighted by Crippen LogP contribution is -2.41. The van der Waals surface area contributed by atoms with Gasteiger partial charge in [-0.05, 0) is 19.4 Å². The minimum atomic E-state index is -0.695. The molecule has 0 aliphatic heterocycles. The van der Waals surface area contributed by atoms with Crippen LogP contribution in [0.25, 0.3) is 0 Å². The van der Waals surface area contributed by atoms with Gasteiger partial charge in [0.2, 0.25) is 0 Å². The van der Waals surface area contributed by atoms with Gasteiger partial charge in [0.05, 0.1) is 13.2 Å². The molecule has 0 saturated carbocycles. The molecule has 0 bridgehead atoms. The van der Waals surface area contributed by atoms with Crippen molar-refractivity contribution in [3.05, 3.63) is 35.9 Å². The molecule has 104 valence electrons. The van der Waals surface area contributed by atoms with E-state index >= 15 is 0 Å². The second-order valence-corrected chi connectivity index (χ2v) is 3.57. The van der Waals surface area contributed by atoms with E-state index < -0.39 is 18.4 Å². The minimum Gasteiger partial charge on any atom is -0.450 e. The van der Waals surface area contributed by atoms with Gasteiger partial charge in [0.25, 0.3) is 0 Å². The highest BCUT2D eigenvalue weighted by Gasteiger charge is 2.17. The van der Waals surface area contributed by atoms with Crippen LogP contribution in [-0.4, -0.2) is 25.4 Å². The summed E-state index contributed by atoms with van der Waals surface area (Å²) in [6, 6.07) is 9.02. The third-order valence-corrected chi connectivity index (χ3v) is 2.21. The van der Waals surface area contributed by atoms with E-state index in [1.807, 2.05) is 18.2 Å². The molecule has 6 nitrogen and oxygen atoms in total. The van der Waals surface area contributed by atoms with Crippen LogP contribution >= 0.6 is 0 Å². The zero-order chi connectivity index (χ0) is 14.1. The summed E-state index contributed by atoms with van der Waals surface area (Å²) in [4.78, 5) is 22.9. The molecule has 0 aliphatic rings. The summed E-state index contributed by atoms with van der Waals surface area (Å²) in [5.41, 5.74) is 0.726. The number of hydrogen-bond donors (Lipinski definition) is 2. The van der Waals surface area contributed by atoms with Gasteiger partial charge in [0, 0.05) is 0 Å². The highest BCUT2D eigenvalue weighted by Crippen LogP contribution is 2.09. The van der Waals surface area contributed by atoms with Crippen molar-refractivity contribution >= 4 is 12.2 Å². The molecule has 0 radical (unpaired) electrons. The van der Waals surface area contributed by atoms with Gasteiger partial charge in [-0.25, -0.2) is 9.59 Å². The molecular formula is C13H18N2O4. The number of hydrogen-bond acceptors (Lipinski definition) is 4. The Kier molecular flexibility index (Phi) is 6.21. The summed E-state index contributed by atoms with van der Waals surface area (Å²) < 4.78 is 9.59. The van der Waals surface area contributed by atoms with Gasteiger partial charge in [-0.2, -0.15) is 0 Å². The molecule has 1 aromatic rings. The molecule has 1 aromatic carbocycles. The number of nitrogens with one attached hydrogen (secondary N) is 2. The standard InChI is InChI=1S/C13H18N2O4/c1-3-18-12(16)14-11(15-13(17)19-4-2)10-8-6-5-7-9-10/h5-9,11H,3-4H2,1-2H3,(H,14,16)(H,15,17). The van der Waals surface area contributed by atoms with E-state index in [-0.39, 0.29) is 13.2 Å². The van der Waals surface area contributed by atoms with Gasteiger partial charge < -0.3 is 9.47 Å². The van der Waals surface area contributed by atoms with E-state index in [1.165, 1.54) is 0 Å². The van der Waals surface area contributed by atoms with Gasteiger partial charge >= 0.3 is 12.2 Å². The average Bonchev–Trinajstić information content (AvgIpc) is 2.39. The smallest absolute Gasteiger partial charge is 0.409 e. The second-order valence-electron chi connectivity index (χ2n) is 3.57. The number of benzene rings is 1. The van der Waals surface area contributed by atoms with Crippen molar-refractivity contribution in [1.82, 2.24) is 10.6 Å². The third-order valence-electron chi connectivity index (χ3n) is 2.21. The Morgan fingerprint density at radius 3 is 1.89 bits per heavy atom. The molecule has 0 aromatic heterocycles. The lowest BCUT2D eigenvalue weighted by atomic mass is 10.2. The first-order chi connectivity index (χ1) is 9.17. The number of carbonyl (C=O) groups excluding carboxylic acids is 2. The molecule has 0 fully saturated rings. The Labute approximate surface area is 112 Å². The maximum absolute atomic E-state index is 11.4. The SMILES string of the molecule is CCOC(=O)NC(NC(=O)OCC)c1ccccc1. The Morgan fingerprint density at radius 1 is 1.00 bits per heavy atom. The maximum atomic E-state index is 11.4. The predicted octanol–water partition coefficient (Wildman–Crippen LogP) is 2.18. The summed E-state index contributed by atoms with van der Waals surface area (Å²) >= 11 is 0. The van der Waals surface area contributed by atoms with Crippen LogP contribution < -0.4 is 10.6 Å². The quantitative estimate of drug-likeness (QED) is 0.801. The van der Waals surface area contributed by atoms with Crippen LogP contribution in [0.1, 0.15) is 25.6 Å². The fourth-order valence-corrected chi connectivity index (χ4v) is 1.43. The number of alkyl carbamates (subject to hydrolysis) is 2. The molecule has 0 spiro atoms. The van der Waals surface area contributed by atoms with Crippen molar-refractivity contribution in [2.75, 3.05) is 13.2 Å². The Morgan fingerprint density at radius 2 is 1.47 bits per heavy atom. The summed E-state index contributed by atoms with van der Waals surface area (Å²) in [6.45, 7) is 3.92. The van der Waals surface area contributed by atoms with Gasteiger partial charge in [-0.3, -0.25) is 10.6 Å². The van der Waals surface area contributed by atoms with Gasteiger partial charge in [-0.1, -0.05) is 30.3 Å². The molecule has 0 heterocycles. The van der Waals surface area contributed by atoms with E-state index in [1.54, 1.807) is 26.0 Å². The minimum absolute atomic E-state index is 0.257. The predicted molar refractivity (Wildman–Crippen MR) is 69.5 cm³/mol. The first kappa shape index (κ1) is 14.8. The van der Waals surface area contributed by atoms with Crippen LogP contribution in [-0.2, 0) is 9.47 Å². The van der Waals surface area contributed by atoms with Gasteiger partial charge in [0.1, 0.15) is 6.17 Å². The number of rotatable bonds is 5. The molecule has 0 unspecified atom stereocenters. The fraction of sp³-hybridized carbons (Fsp3) is 0.385. The second kappa shape index (κ2) is 7.97. The largest absolute Gasteiger partial charge is 0.450 e. The number of ether oxygens (including phenoxy) is 2. The highest BCUT2D eigenvalue weighted by atomic mass is 16.6. The fourth-order valence-electron chi connectivity index (χ4n) is 1.43. The van der Waals surface area contributed by atoms with E-state index in [0.29, 0.717) is 0 Å². The third kappa shape index (κ3) is 5.29.